The van der Waals surface area contributed by atoms with E-state index < -0.39 is 0 Å². The molecule has 0 N–H and O–H groups in total. The molecule has 0 saturated heterocycles. The quantitative estimate of drug-likeness (QED) is 0.527. The molecule has 0 aliphatic heterocycles. The summed E-state index contributed by atoms with van der Waals surface area (Å²) < 4.78 is 1.51. The molecule has 0 radical (unpaired) electrons. The largest absolute Gasteiger partial charge is 1.00 e. The van der Waals surface area contributed by atoms with Crippen LogP contribution in [0.3, 0.4) is 0 Å². The van der Waals surface area contributed by atoms with Crippen LogP contribution in [0.1, 0.15) is 54.4 Å². The first-order chi connectivity index (χ1) is 9.34. The van der Waals surface area contributed by atoms with Crippen LogP contribution >= 0.6 is 0 Å². The minimum atomic E-state index is 0. The van der Waals surface area contributed by atoms with Crippen LogP contribution in [0.4, 0.5) is 0 Å². The third kappa shape index (κ3) is 15.2. The van der Waals surface area contributed by atoms with Crippen molar-refractivity contribution in [2.24, 2.45) is 11.8 Å². The number of hydrogen-bond acceptors (Lipinski definition) is 0. The maximum absolute atomic E-state index is 3.14. The second-order valence-electron chi connectivity index (χ2n) is 5.82. The molecule has 0 aromatic carbocycles. The third-order valence-electron chi connectivity index (χ3n) is 2.78. The fraction of sp³-hybridized carbons (Fsp3) is 0.526. The van der Waals surface area contributed by atoms with Crippen molar-refractivity contribution < 1.29 is 49.0 Å². The number of allylic oxidation sites excluding steroid dienone is 8. The molecule has 0 amide bonds. The van der Waals surface area contributed by atoms with Gasteiger partial charge < -0.3 is 24.8 Å². The fourth-order valence-electron chi connectivity index (χ4n) is 1.63. The molecule has 0 atom stereocenters. The summed E-state index contributed by atoms with van der Waals surface area (Å²) in [5.74, 6) is 1.37. The summed E-state index contributed by atoms with van der Waals surface area (Å²) in [7, 11) is 0. The topological polar surface area (TPSA) is 0 Å². The minimum absolute atomic E-state index is 0. The minimum Gasteiger partial charge on any atom is -1.00 e. The van der Waals surface area contributed by atoms with E-state index >= 15 is 0 Å². The van der Waals surface area contributed by atoms with Crippen molar-refractivity contribution in [2.45, 2.75) is 54.4 Å². The second kappa shape index (κ2) is 16.2. The van der Waals surface area contributed by atoms with Gasteiger partial charge in [0.1, 0.15) is 0 Å². The summed E-state index contributed by atoms with van der Waals surface area (Å²) in [6.07, 6.45) is 16.9. The number of halogens is 2. The van der Waals surface area contributed by atoms with Crippen molar-refractivity contribution in [3.8, 4) is 0 Å². The fourth-order valence-corrected chi connectivity index (χ4v) is 1.63. The molecule has 2 rings (SSSR count). The molecule has 0 unspecified atom stereocenters. The predicted molar refractivity (Wildman–Crippen MR) is 87.1 cm³/mol. The van der Waals surface area contributed by atoms with Crippen LogP contribution in [0.2, 0.25) is 0 Å². The van der Waals surface area contributed by atoms with Crippen molar-refractivity contribution in [3.05, 3.63) is 47.6 Å². The van der Waals surface area contributed by atoms with Crippen molar-refractivity contribution in [2.75, 3.05) is 0 Å². The molecular formula is C19H28Cl2Zr-2. The molecule has 3 heteroatoms. The standard InChI is InChI=1S/2C8H11.C3H6.2ClH.Zr/c2*1-7(2)8-5-3-4-6-8;1-3-2;;;/h2*5-7H,3H2,1-2H3;1-2H3;2*1H;/q2*-1;;;;+2/p-2. The zero-order valence-electron chi connectivity index (χ0n) is 14.6. The first kappa shape index (κ1) is 27.2. The van der Waals surface area contributed by atoms with Crippen molar-refractivity contribution in [1.82, 2.24) is 0 Å². The van der Waals surface area contributed by atoms with E-state index in [1.165, 1.54) is 14.4 Å². The average molecular weight is 419 g/mol. The van der Waals surface area contributed by atoms with Crippen molar-refractivity contribution >= 4 is 3.21 Å². The van der Waals surface area contributed by atoms with Crippen LogP contribution in [-0.4, -0.2) is 3.21 Å². The first-order valence-corrected chi connectivity index (χ1v) is 8.62. The normalized spacial score (nSPS) is 14.1. The van der Waals surface area contributed by atoms with E-state index in [1.807, 2.05) is 0 Å². The number of rotatable bonds is 2. The van der Waals surface area contributed by atoms with Crippen LogP contribution in [-0.2, 0) is 24.2 Å². The summed E-state index contributed by atoms with van der Waals surface area (Å²) >= 11 is 1.55. The molecule has 0 nitrogen and oxygen atoms in total. The van der Waals surface area contributed by atoms with Gasteiger partial charge in [-0.1, -0.05) is 39.5 Å². The van der Waals surface area contributed by atoms with Crippen molar-refractivity contribution in [1.29, 1.82) is 0 Å². The van der Waals surface area contributed by atoms with Gasteiger partial charge in [0.05, 0.1) is 0 Å². The molecule has 0 aromatic heterocycles. The van der Waals surface area contributed by atoms with Gasteiger partial charge in [0, 0.05) is 0 Å². The van der Waals surface area contributed by atoms with E-state index in [9.17, 15) is 0 Å². The SMILES string of the molecule is CC(C)C1=CC[C-]=C1.CC(C)C1=CC[C-]=C1.C[C](C)=[Zr+2].[Cl-].[Cl-]. The van der Waals surface area contributed by atoms with Crippen LogP contribution in [0, 0.1) is 24.0 Å². The Labute approximate surface area is 165 Å². The predicted octanol–water partition coefficient (Wildman–Crippen LogP) is -0.583. The molecule has 0 heterocycles. The van der Waals surface area contributed by atoms with E-state index in [2.05, 4.69) is 78.0 Å². The zero-order chi connectivity index (χ0) is 15.5. The van der Waals surface area contributed by atoms with E-state index in [-0.39, 0.29) is 24.8 Å². The van der Waals surface area contributed by atoms with Gasteiger partial charge in [0.2, 0.25) is 0 Å². The van der Waals surface area contributed by atoms with E-state index in [0.29, 0.717) is 11.8 Å². The van der Waals surface area contributed by atoms with E-state index in [4.69, 9.17) is 0 Å². The molecule has 0 aromatic rings. The maximum Gasteiger partial charge on any atom is -1.00 e. The molecule has 2 aliphatic carbocycles. The van der Waals surface area contributed by atoms with Gasteiger partial charge in [-0.25, -0.2) is 12.2 Å². The van der Waals surface area contributed by atoms with Gasteiger partial charge in [0.25, 0.3) is 0 Å². The zero-order valence-corrected chi connectivity index (χ0v) is 18.6. The second-order valence-corrected chi connectivity index (χ2v) is 8.28. The summed E-state index contributed by atoms with van der Waals surface area (Å²) in [5.41, 5.74) is 2.87. The summed E-state index contributed by atoms with van der Waals surface area (Å²) in [6.45, 7) is 13.1. The van der Waals surface area contributed by atoms with Gasteiger partial charge in [-0.15, -0.1) is 12.8 Å². The maximum atomic E-state index is 3.14. The molecule has 2 aliphatic rings. The number of hydrogen-bond donors (Lipinski definition) is 0. The Morgan fingerprint density at radius 3 is 1.23 bits per heavy atom. The van der Waals surface area contributed by atoms with Gasteiger partial charge in [-0.3, -0.25) is 12.2 Å². The van der Waals surface area contributed by atoms with Gasteiger partial charge in [-0.2, -0.15) is 23.3 Å². The van der Waals surface area contributed by atoms with Gasteiger partial charge in [0.15, 0.2) is 0 Å². The van der Waals surface area contributed by atoms with Crippen LogP contribution < -0.4 is 24.8 Å². The molecule has 0 spiro atoms. The van der Waals surface area contributed by atoms with Gasteiger partial charge >= 0.3 is 41.3 Å². The van der Waals surface area contributed by atoms with E-state index in [0.717, 1.165) is 12.8 Å². The molecule has 124 valence electrons. The Hall–Kier alpha value is 0.293. The Morgan fingerprint density at radius 1 is 0.864 bits per heavy atom. The Morgan fingerprint density at radius 2 is 1.14 bits per heavy atom. The molecule has 0 fully saturated rings. The Balaban J connectivity index is -0.000000249. The third-order valence-corrected chi connectivity index (χ3v) is 2.78. The van der Waals surface area contributed by atoms with Crippen LogP contribution in [0.5, 0.6) is 0 Å². The molecule has 0 bridgehead atoms. The molecular weight excluding hydrogens is 390 g/mol. The Kier molecular flexibility index (Phi) is 19.9. The average Bonchev–Trinajstić information content (AvgIpc) is 3.03. The summed E-state index contributed by atoms with van der Waals surface area (Å²) in [6, 6.07) is 0. The smallest absolute Gasteiger partial charge is 1.00 e. The molecule has 0 saturated carbocycles. The first-order valence-electron chi connectivity index (χ1n) is 7.39. The molecule has 22 heavy (non-hydrogen) atoms. The monoisotopic (exact) mass is 416 g/mol. The van der Waals surface area contributed by atoms with E-state index in [1.54, 1.807) is 24.2 Å². The summed E-state index contributed by atoms with van der Waals surface area (Å²) in [5, 5.41) is 0. The van der Waals surface area contributed by atoms with Crippen LogP contribution in [0.25, 0.3) is 0 Å². The Bertz CT molecular complexity index is 375. The van der Waals surface area contributed by atoms with Gasteiger partial charge in [-0.05, 0) is 0 Å². The van der Waals surface area contributed by atoms with Crippen molar-refractivity contribution in [3.63, 3.8) is 0 Å². The van der Waals surface area contributed by atoms with Crippen LogP contribution in [0.15, 0.2) is 35.5 Å². The summed E-state index contributed by atoms with van der Waals surface area (Å²) in [4.78, 5) is 0.